The van der Waals surface area contributed by atoms with Crippen molar-refractivity contribution < 1.29 is 0 Å². The highest BCUT2D eigenvalue weighted by Crippen LogP contribution is 2.29. The van der Waals surface area contributed by atoms with Gasteiger partial charge in [-0.1, -0.05) is 18.1 Å². The van der Waals surface area contributed by atoms with Gasteiger partial charge in [0.2, 0.25) is 0 Å². The second-order valence-electron chi connectivity index (χ2n) is 5.54. The second-order valence-corrected chi connectivity index (χ2v) is 5.54. The Labute approximate surface area is 135 Å². The minimum absolute atomic E-state index is 0.252. The molecular weight excluding hydrogens is 286 g/mol. The van der Waals surface area contributed by atoms with Gasteiger partial charge in [0, 0.05) is 17.2 Å². The number of nitrogens with one attached hydrogen (secondary N) is 1. The molecule has 3 rings (SSSR count). The second kappa shape index (κ2) is 5.93. The number of rotatable bonds is 3. The van der Waals surface area contributed by atoms with Crippen LogP contribution in [0, 0.1) is 12.3 Å². The van der Waals surface area contributed by atoms with Gasteiger partial charge in [0.25, 0.3) is 0 Å². The number of nitrogens with zero attached hydrogens (tertiary/aromatic N) is 3. The molecule has 0 fully saturated rings. The Bertz CT molecular complexity index is 909. The summed E-state index contributed by atoms with van der Waals surface area (Å²) in [6, 6.07) is 9.90. The molecule has 5 heteroatoms. The molecule has 0 atom stereocenters. The molecule has 23 heavy (non-hydrogen) atoms. The third-order valence-corrected chi connectivity index (χ3v) is 3.39. The van der Waals surface area contributed by atoms with Crippen molar-refractivity contribution in [3.05, 3.63) is 42.2 Å². The van der Waals surface area contributed by atoms with Crippen LogP contribution in [0.3, 0.4) is 0 Å². The number of benzene rings is 1. The highest BCUT2D eigenvalue weighted by atomic mass is 15.0. The van der Waals surface area contributed by atoms with Crippen molar-refractivity contribution in [2.45, 2.75) is 19.9 Å². The lowest BCUT2D eigenvalue weighted by molar-refractivity contribution is 0.900. The molecule has 0 bridgehead atoms. The van der Waals surface area contributed by atoms with Crippen LogP contribution in [0.5, 0.6) is 0 Å². The Kier molecular flexibility index (Phi) is 3.82. The monoisotopic (exact) mass is 303 g/mol. The topological polar surface area (TPSA) is 76.7 Å². The van der Waals surface area contributed by atoms with Crippen molar-refractivity contribution in [2.75, 3.05) is 11.1 Å². The van der Waals surface area contributed by atoms with Crippen molar-refractivity contribution >= 4 is 22.5 Å². The number of nitrogen functional groups attached to an aromatic ring is 1. The summed E-state index contributed by atoms with van der Waals surface area (Å²) in [4.78, 5) is 13.0. The van der Waals surface area contributed by atoms with E-state index < -0.39 is 0 Å². The molecule has 5 nitrogen and oxygen atoms in total. The SMILES string of the molecule is C#Cc1cccc(-c2cc(NC(C)C)c3ncnc(N)c3n2)c1. The zero-order chi connectivity index (χ0) is 16.4. The Morgan fingerprint density at radius 3 is 2.74 bits per heavy atom. The van der Waals surface area contributed by atoms with Crippen molar-refractivity contribution in [1.29, 1.82) is 0 Å². The lowest BCUT2D eigenvalue weighted by Crippen LogP contribution is -2.11. The predicted molar refractivity (Wildman–Crippen MR) is 93.9 cm³/mol. The Balaban J connectivity index is 2.25. The van der Waals surface area contributed by atoms with E-state index in [0.717, 1.165) is 22.5 Å². The largest absolute Gasteiger partial charge is 0.382 e. The molecule has 3 N–H and O–H groups in total. The fraction of sp³-hybridized carbons (Fsp3) is 0.167. The quantitative estimate of drug-likeness (QED) is 0.727. The molecule has 1 aromatic carbocycles. The fourth-order valence-electron chi connectivity index (χ4n) is 2.39. The molecule has 0 aliphatic carbocycles. The van der Waals surface area contributed by atoms with Crippen LogP contribution in [0.15, 0.2) is 36.7 Å². The number of hydrogen-bond donors (Lipinski definition) is 2. The first kappa shape index (κ1) is 14.8. The Hall–Kier alpha value is -3.13. The smallest absolute Gasteiger partial charge is 0.153 e. The number of terminal acetylenes is 1. The number of hydrogen-bond acceptors (Lipinski definition) is 5. The van der Waals surface area contributed by atoms with Gasteiger partial charge in [-0.05, 0) is 32.0 Å². The van der Waals surface area contributed by atoms with E-state index in [1.807, 2.05) is 30.3 Å². The van der Waals surface area contributed by atoms with Gasteiger partial charge in [0.1, 0.15) is 17.4 Å². The maximum absolute atomic E-state index is 5.99. The highest BCUT2D eigenvalue weighted by Gasteiger charge is 2.12. The molecule has 0 amide bonds. The van der Waals surface area contributed by atoms with E-state index in [-0.39, 0.29) is 6.04 Å². The Morgan fingerprint density at radius 1 is 1.17 bits per heavy atom. The summed E-state index contributed by atoms with van der Waals surface area (Å²) in [5.41, 5.74) is 10.7. The van der Waals surface area contributed by atoms with Crippen LogP contribution >= 0.6 is 0 Å². The number of anilines is 2. The molecule has 3 aromatic rings. The molecule has 0 aliphatic rings. The zero-order valence-corrected chi connectivity index (χ0v) is 13.0. The van der Waals surface area contributed by atoms with Crippen LogP contribution in [-0.4, -0.2) is 21.0 Å². The summed E-state index contributed by atoms with van der Waals surface area (Å²) in [5.74, 6) is 3.00. The van der Waals surface area contributed by atoms with Crippen LogP contribution in [-0.2, 0) is 0 Å². The number of fused-ring (bicyclic) bond motifs is 1. The summed E-state index contributed by atoms with van der Waals surface area (Å²) < 4.78 is 0. The van der Waals surface area contributed by atoms with Crippen molar-refractivity contribution in [2.24, 2.45) is 0 Å². The lowest BCUT2D eigenvalue weighted by atomic mass is 10.1. The molecule has 0 saturated carbocycles. The van der Waals surface area contributed by atoms with E-state index >= 15 is 0 Å². The normalized spacial score (nSPS) is 10.7. The van der Waals surface area contributed by atoms with E-state index in [2.05, 4.69) is 40.0 Å². The number of pyridine rings is 1. The maximum atomic E-state index is 5.99. The van der Waals surface area contributed by atoms with Crippen molar-refractivity contribution in [3.63, 3.8) is 0 Å². The van der Waals surface area contributed by atoms with Gasteiger partial charge in [0.15, 0.2) is 5.82 Å². The molecular formula is C18H17N5. The van der Waals surface area contributed by atoms with Crippen LogP contribution in [0.2, 0.25) is 0 Å². The van der Waals surface area contributed by atoms with Gasteiger partial charge in [-0.25, -0.2) is 15.0 Å². The molecule has 0 spiro atoms. The number of nitrogens with two attached hydrogens (primary N) is 1. The summed E-state index contributed by atoms with van der Waals surface area (Å²) in [7, 11) is 0. The minimum atomic E-state index is 0.252. The van der Waals surface area contributed by atoms with Gasteiger partial charge in [0.05, 0.1) is 11.4 Å². The first-order valence-electron chi connectivity index (χ1n) is 7.33. The van der Waals surface area contributed by atoms with E-state index in [4.69, 9.17) is 12.2 Å². The summed E-state index contributed by atoms with van der Waals surface area (Å²) in [5, 5.41) is 3.39. The third-order valence-electron chi connectivity index (χ3n) is 3.39. The molecule has 0 aliphatic heterocycles. The minimum Gasteiger partial charge on any atom is -0.382 e. The maximum Gasteiger partial charge on any atom is 0.153 e. The lowest BCUT2D eigenvalue weighted by Gasteiger charge is -2.14. The van der Waals surface area contributed by atoms with Crippen LogP contribution < -0.4 is 11.1 Å². The highest BCUT2D eigenvalue weighted by molar-refractivity contribution is 5.95. The van der Waals surface area contributed by atoms with Gasteiger partial charge in [-0.3, -0.25) is 0 Å². The van der Waals surface area contributed by atoms with Crippen molar-refractivity contribution in [1.82, 2.24) is 15.0 Å². The average molecular weight is 303 g/mol. The molecule has 0 saturated heterocycles. The molecule has 2 aromatic heterocycles. The summed E-state index contributed by atoms with van der Waals surface area (Å²) in [6.45, 7) is 4.13. The fourth-order valence-corrected chi connectivity index (χ4v) is 2.39. The predicted octanol–water partition coefficient (Wildman–Crippen LogP) is 3.08. The van der Waals surface area contributed by atoms with E-state index in [0.29, 0.717) is 16.9 Å². The van der Waals surface area contributed by atoms with E-state index in [9.17, 15) is 0 Å². The number of aromatic nitrogens is 3. The Morgan fingerprint density at radius 2 is 2.00 bits per heavy atom. The summed E-state index contributed by atoms with van der Waals surface area (Å²) >= 11 is 0. The van der Waals surface area contributed by atoms with Gasteiger partial charge in [-0.15, -0.1) is 6.42 Å². The third kappa shape index (κ3) is 2.92. The van der Waals surface area contributed by atoms with Crippen LogP contribution in [0.25, 0.3) is 22.3 Å². The first-order valence-corrected chi connectivity index (χ1v) is 7.33. The van der Waals surface area contributed by atoms with Crippen LogP contribution in [0.1, 0.15) is 19.4 Å². The zero-order valence-electron chi connectivity index (χ0n) is 13.0. The first-order chi connectivity index (χ1) is 11.1. The van der Waals surface area contributed by atoms with Gasteiger partial charge in [-0.2, -0.15) is 0 Å². The van der Waals surface area contributed by atoms with Gasteiger partial charge < -0.3 is 11.1 Å². The molecule has 114 valence electrons. The molecule has 2 heterocycles. The van der Waals surface area contributed by atoms with E-state index in [1.54, 1.807) is 0 Å². The van der Waals surface area contributed by atoms with Gasteiger partial charge >= 0.3 is 0 Å². The van der Waals surface area contributed by atoms with E-state index in [1.165, 1.54) is 6.33 Å². The molecule has 0 unspecified atom stereocenters. The average Bonchev–Trinajstić information content (AvgIpc) is 2.55. The standard InChI is InChI=1S/C18H17N5/c1-4-12-6-5-7-13(8-12)14-9-15(22-11(2)3)16-17(23-14)18(19)21-10-20-16/h1,5-11H,2-3H3,(H,22,23)(H2,19,20,21). The van der Waals surface area contributed by atoms with Crippen molar-refractivity contribution in [3.8, 4) is 23.6 Å². The van der Waals surface area contributed by atoms with Crippen LogP contribution in [0.4, 0.5) is 11.5 Å². The molecule has 0 radical (unpaired) electrons. The summed E-state index contributed by atoms with van der Waals surface area (Å²) in [6.07, 6.45) is 6.93.